The Bertz CT molecular complexity index is 771. The topological polar surface area (TPSA) is 70.8 Å². The van der Waals surface area contributed by atoms with E-state index in [0.717, 1.165) is 19.3 Å². The molecule has 0 radical (unpaired) electrons. The van der Waals surface area contributed by atoms with E-state index in [-0.39, 0.29) is 23.8 Å². The van der Waals surface area contributed by atoms with Crippen molar-refractivity contribution in [3.8, 4) is 0 Å². The summed E-state index contributed by atoms with van der Waals surface area (Å²) in [7, 11) is 1.86. The summed E-state index contributed by atoms with van der Waals surface area (Å²) in [6, 6.07) is 3.63. The molecule has 2 bridgehead atoms. The molecule has 0 aromatic carbocycles. The molecular weight excluding hydrogens is 294 g/mol. The van der Waals surface area contributed by atoms with Gasteiger partial charge in [-0.15, -0.1) is 0 Å². The van der Waals surface area contributed by atoms with E-state index in [4.69, 9.17) is 0 Å². The molecule has 0 saturated carbocycles. The van der Waals surface area contributed by atoms with Gasteiger partial charge in [0.15, 0.2) is 5.65 Å². The van der Waals surface area contributed by atoms with Crippen LogP contribution in [0.1, 0.15) is 29.6 Å². The van der Waals surface area contributed by atoms with Gasteiger partial charge in [0.05, 0.1) is 5.92 Å². The van der Waals surface area contributed by atoms with Crippen LogP contribution in [0.5, 0.6) is 0 Å². The summed E-state index contributed by atoms with van der Waals surface area (Å²) < 4.78 is 1.63. The Morgan fingerprint density at radius 3 is 3.04 bits per heavy atom. The number of likely N-dealkylation sites (N-methyl/N-ethyl adjacent to an activating group) is 1. The van der Waals surface area contributed by atoms with Crippen LogP contribution in [0.3, 0.4) is 0 Å². The summed E-state index contributed by atoms with van der Waals surface area (Å²) >= 11 is 0. The largest absolute Gasteiger partial charge is 0.341 e. The second kappa shape index (κ2) is 5.33. The molecule has 2 atom stereocenters. The highest BCUT2D eigenvalue weighted by Gasteiger charge is 2.38. The average molecular weight is 313 g/mol. The molecule has 0 N–H and O–H groups in total. The maximum Gasteiger partial charge on any atom is 0.254 e. The van der Waals surface area contributed by atoms with Gasteiger partial charge in [0.1, 0.15) is 6.33 Å². The quantitative estimate of drug-likeness (QED) is 0.781. The van der Waals surface area contributed by atoms with Crippen LogP contribution in [0.15, 0.2) is 24.7 Å². The Kier molecular flexibility index (Phi) is 3.28. The molecular formula is C16H19N5O2. The van der Waals surface area contributed by atoms with Crippen LogP contribution in [0, 0.1) is 5.92 Å². The SMILES string of the molecule is CN1C(=O)[C@@H]2CCC[C@H]1CN(C(=O)c1ccn3ncnc3c1)C2. The van der Waals surface area contributed by atoms with E-state index in [0.29, 0.717) is 24.3 Å². The number of amides is 2. The van der Waals surface area contributed by atoms with E-state index >= 15 is 0 Å². The van der Waals surface area contributed by atoms with Gasteiger partial charge in [0.2, 0.25) is 5.91 Å². The molecule has 0 spiro atoms. The molecule has 2 aromatic heterocycles. The van der Waals surface area contributed by atoms with Crippen molar-refractivity contribution in [3.63, 3.8) is 0 Å². The lowest BCUT2D eigenvalue weighted by atomic mass is 9.99. The van der Waals surface area contributed by atoms with Crippen molar-refractivity contribution in [2.75, 3.05) is 20.1 Å². The second-order valence-electron chi connectivity index (χ2n) is 6.42. The van der Waals surface area contributed by atoms with Gasteiger partial charge in [0.25, 0.3) is 5.91 Å². The third-order valence-electron chi connectivity index (χ3n) is 5.02. The standard InChI is InChI=1S/C16H19N5O2/c1-19-13-4-2-3-12(15(19)22)8-20(9-13)16(23)11-5-6-21-14(7-11)17-10-18-21/h5-7,10,12-13H,2-4,8-9H2,1H3/t12-,13+/m1/s1. The first-order chi connectivity index (χ1) is 11.1. The molecule has 2 fully saturated rings. The summed E-state index contributed by atoms with van der Waals surface area (Å²) in [5.41, 5.74) is 1.25. The van der Waals surface area contributed by atoms with Gasteiger partial charge >= 0.3 is 0 Å². The van der Waals surface area contributed by atoms with E-state index in [1.165, 1.54) is 6.33 Å². The van der Waals surface area contributed by atoms with E-state index in [1.807, 2.05) is 16.8 Å². The average Bonchev–Trinajstić information content (AvgIpc) is 2.92. The summed E-state index contributed by atoms with van der Waals surface area (Å²) in [4.78, 5) is 33.1. The number of nitrogens with zero attached hydrogens (tertiary/aromatic N) is 5. The Labute approximate surface area is 133 Å². The number of rotatable bonds is 1. The minimum atomic E-state index is -0.0757. The van der Waals surface area contributed by atoms with Crippen LogP contribution in [0.4, 0.5) is 0 Å². The molecule has 7 nitrogen and oxygen atoms in total. The molecule has 4 heterocycles. The van der Waals surface area contributed by atoms with Crippen molar-refractivity contribution >= 4 is 17.5 Å². The van der Waals surface area contributed by atoms with Crippen LogP contribution < -0.4 is 0 Å². The van der Waals surface area contributed by atoms with Crippen molar-refractivity contribution < 1.29 is 9.59 Å². The summed E-state index contributed by atoms with van der Waals surface area (Å²) in [6.45, 7) is 1.12. The van der Waals surface area contributed by atoms with Gasteiger partial charge in [-0.3, -0.25) is 9.59 Å². The van der Waals surface area contributed by atoms with Crippen LogP contribution in [0.25, 0.3) is 5.65 Å². The number of carbonyl (C=O) groups excluding carboxylic acids is 2. The van der Waals surface area contributed by atoms with Crippen molar-refractivity contribution in [2.45, 2.75) is 25.3 Å². The Balaban J connectivity index is 1.64. The molecule has 2 aliphatic rings. The van der Waals surface area contributed by atoms with Gasteiger partial charge in [-0.1, -0.05) is 6.42 Å². The number of likely N-dealkylation sites (tertiary alicyclic amines) is 1. The van der Waals surface area contributed by atoms with Gasteiger partial charge in [-0.05, 0) is 25.0 Å². The molecule has 7 heteroatoms. The molecule has 0 aliphatic carbocycles. The fourth-order valence-electron chi connectivity index (χ4n) is 3.66. The maximum atomic E-state index is 12.9. The predicted molar refractivity (Wildman–Crippen MR) is 82.8 cm³/mol. The zero-order valence-corrected chi connectivity index (χ0v) is 13.1. The van der Waals surface area contributed by atoms with Gasteiger partial charge < -0.3 is 9.80 Å². The molecule has 2 amide bonds. The van der Waals surface area contributed by atoms with Crippen LogP contribution in [-0.2, 0) is 4.79 Å². The van der Waals surface area contributed by atoms with Crippen LogP contribution >= 0.6 is 0 Å². The number of aromatic nitrogens is 3. The molecule has 2 aromatic rings. The van der Waals surface area contributed by atoms with Gasteiger partial charge in [-0.2, -0.15) is 5.10 Å². The Morgan fingerprint density at radius 1 is 1.30 bits per heavy atom. The zero-order chi connectivity index (χ0) is 16.0. The fourth-order valence-corrected chi connectivity index (χ4v) is 3.66. The van der Waals surface area contributed by atoms with Crippen LogP contribution in [0.2, 0.25) is 0 Å². The predicted octanol–water partition coefficient (Wildman–Crippen LogP) is 0.812. The first kappa shape index (κ1) is 14.2. The number of hydrogen-bond donors (Lipinski definition) is 0. The van der Waals surface area contributed by atoms with Crippen molar-refractivity contribution in [1.29, 1.82) is 0 Å². The normalized spacial score (nSPS) is 24.8. The highest BCUT2D eigenvalue weighted by molar-refractivity contribution is 5.95. The summed E-state index contributed by atoms with van der Waals surface area (Å²) in [5, 5.41) is 4.04. The lowest BCUT2D eigenvalue weighted by molar-refractivity contribution is -0.134. The molecule has 23 heavy (non-hydrogen) atoms. The molecule has 2 saturated heterocycles. The Hall–Kier alpha value is -2.44. The lowest BCUT2D eigenvalue weighted by Gasteiger charge is -2.29. The summed E-state index contributed by atoms with van der Waals surface area (Å²) in [6.07, 6.45) is 6.09. The fraction of sp³-hybridized carbons (Fsp3) is 0.500. The molecule has 2 aliphatic heterocycles. The maximum absolute atomic E-state index is 12.9. The highest BCUT2D eigenvalue weighted by Crippen LogP contribution is 2.27. The molecule has 120 valence electrons. The third-order valence-corrected chi connectivity index (χ3v) is 5.02. The molecule has 4 rings (SSSR count). The first-order valence-electron chi connectivity index (χ1n) is 7.99. The van der Waals surface area contributed by atoms with Crippen LogP contribution in [-0.4, -0.2) is 62.4 Å². The van der Waals surface area contributed by atoms with E-state index in [1.54, 1.807) is 22.8 Å². The number of hydrogen-bond acceptors (Lipinski definition) is 4. The lowest BCUT2D eigenvalue weighted by Crippen LogP contribution is -2.42. The third kappa shape index (κ3) is 2.36. The van der Waals surface area contributed by atoms with Crippen molar-refractivity contribution in [3.05, 3.63) is 30.2 Å². The number of pyridine rings is 1. The first-order valence-corrected chi connectivity index (χ1v) is 7.99. The van der Waals surface area contributed by atoms with Crippen molar-refractivity contribution in [2.24, 2.45) is 5.92 Å². The van der Waals surface area contributed by atoms with Gasteiger partial charge in [0, 0.05) is 37.9 Å². The minimum Gasteiger partial charge on any atom is -0.341 e. The zero-order valence-electron chi connectivity index (χ0n) is 13.1. The van der Waals surface area contributed by atoms with E-state index < -0.39 is 0 Å². The Morgan fingerprint density at radius 2 is 2.17 bits per heavy atom. The van der Waals surface area contributed by atoms with E-state index in [2.05, 4.69) is 10.1 Å². The number of carbonyl (C=O) groups is 2. The smallest absolute Gasteiger partial charge is 0.254 e. The highest BCUT2D eigenvalue weighted by atomic mass is 16.2. The molecule has 0 unspecified atom stereocenters. The number of fused-ring (bicyclic) bond motifs is 4. The van der Waals surface area contributed by atoms with Gasteiger partial charge in [-0.25, -0.2) is 9.50 Å². The second-order valence-corrected chi connectivity index (χ2v) is 6.42. The minimum absolute atomic E-state index is 0.0319. The summed E-state index contributed by atoms with van der Waals surface area (Å²) in [5.74, 6) is 0.0690. The monoisotopic (exact) mass is 313 g/mol. The van der Waals surface area contributed by atoms with E-state index in [9.17, 15) is 9.59 Å². The van der Waals surface area contributed by atoms with Crippen molar-refractivity contribution in [1.82, 2.24) is 24.4 Å².